The molecule has 0 spiro atoms. The van der Waals surface area contributed by atoms with Gasteiger partial charge in [-0.05, 0) is 17.7 Å². The molecular formula is C9H8ClF2N. The first kappa shape index (κ1) is 8.91. The van der Waals surface area contributed by atoms with E-state index in [1.165, 1.54) is 12.1 Å². The van der Waals surface area contributed by atoms with Crippen LogP contribution in [0.1, 0.15) is 12.0 Å². The van der Waals surface area contributed by atoms with Gasteiger partial charge in [0, 0.05) is 12.5 Å². The molecule has 2 rings (SSSR count). The van der Waals surface area contributed by atoms with Crippen LogP contribution in [-0.2, 0) is 5.67 Å². The molecule has 4 heteroatoms. The third kappa shape index (κ3) is 1.32. The SMILES string of the molecule is N[C@@H]1C[C@@]1(F)c1ccc(Cl)c(F)c1. The van der Waals surface area contributed by atoms with Crippen LogP contribution in [0.25, 0.3) is 0 Å². The fraction of sp³-hybridized carbons (Fsp3) is 0.333. The lowest BCUT2D eigenvalue weighted by Crippen LogP contribution is -2.13. The summed E-state index contributed by atoms with van der Waals surface area (Å²) in [5, 5.41) is 0.00146. The molecule has 1 saturated carbocycles. The van der Waals surface area contributed by atoms with E-state index in [2.05, 4.69) is 0 Å². The summed E-state index contributed by atoms with van der Waals surface area (Å²) in [6.07, 6.45) is 0.258. The van der Waals surface area contributed by atoms with E-state index in [1.807, 2.05) is 0 Å². The van der Waals surface area contributed by atoms with Crippen LogP contribution in [-0.4, -0.2) is 6.04 Å². The Labute approximate surface area is 79.5 Å². The predicted octanol–water partition coefficient (Wildman–Crippen LogP) is 2.37. The summed E-state index contributed by atoms with van der Waals surface area (Å²) in [4.78, 5) is 0. The Balaban J connectivity index is 2.38. The quantitative estimate of drug-likeness (QED) is 0.745. The summed E-state index contributed by atoms with van der Waals surface area (Å²) in [6.45, 7) is 0. The molecule has 0 aliphatic heterocycles. The molecule has 1 aromatic rings. The van der Waals surface area contributed by atoms with E-state index in [0.29, 0.717) is 0 Å². The first-order chi connectivity index (χ1) is 6.04. The van der Waals surface area contributed by atoms with E-state index in [1.54, 1.807) is 0 Å². The summed E-state index contributed by atoms with van der Waals surface area (Å²) in [6, 6.07) is 3.42. The Morgan fingerprint density at radius 3 is 2.62 bits per heavy atom. The summed E-state index contributed by atoms with van der Waals surface area (Å²) in [5.74, 6) is -0.602. The molecule has 70 valence electrons. The van der Waals surface area contributed by atoms with E-state index in [9.17, 15) is 8.78 Å². The number of alkyl halides is 1. The molecule has 1 aliphatic rings. The second kappa shape index (κ2) is 2.66. The smallest absolute Gasteiger partial charge is 0.152 e. The highest BCUT2D eigenvalue weighted by Crippen LogP contribution is 2.48. The molecule has 0 radical (unpaired) electrons. The molecule has 2 N–H and O–H groups in total. The summed E-state index contributed by atoms with van der Waals surface area (Å²) in [7, 11) is 0. The van der Waals surface area contributed by atoms with Crippen LogP contribution in [0.3, 0.4) is 0 Å². The standard InChI is InChI=1S/C9H8ClF2N/c10-6-2-1-5(3-7(6)11)9(12)4-8(9)13/h1-3,8H,4,13H2/t8-,9-/m1/s1. The van der Waals surface area contributed by atoms with Gasteiger partial charge in [0.15, 0.2) is 5.67 Å². The van der Waals surface area contributed by atoms with Crippen LogP contribution >= 0.6 is 11.6 Å². The molecule has 0 saturated heterocycles. The fourth-order valence-corrected chi connectivity index (χ4v) is 1.47. The zero-order valence-electron chi connectivity index (χ0n) is 6.73. The molecule has 0 unspecified atom stereocenters. The summed E-state index contributed by atoms with van der Waals surface area (Å²) >= 11 is 5.46. The monoisotopic (exact) mass is 203 g/mol. The van der Waals surface area contributed by atoms with Crippen LogP contribution in [0, 0.1) is 5.82 Å². The minimum atomic E-state index is -1.54. The van der Waals surface area contributed by atoms with Crippen molar-refractivity contribution in [2.75, 3.05) is 0 Å². The van der Waals surface area contributed by atoms with Crippen LogP contribution in [0.5, 0.6) is 0 Å². The largest absolute Gasteiger partial charge is 0.325 e. The maximum Gasteiger partial charge on any atom is 0.152 e. The number of hydrogen-bond donors (Lipinski definition) is 1. The van der Waals surface area contributed by atoms with Crippen molar-refractivity contribution in [2.45, 2.75) is 18.1 Å². The van der Waals surface area contributed by atoms with Crippen molar-refractivity contribution >= 4 is 11.6 Å². The van der Waals surface area contributed by atoms with Crippen molar-refractivity contribution in [3.8, 4) is 0 Å². The Kier molecular flexibility index (Phi) is 1.82. The van der Waals surface area contributed by atoms with Crippen LogP contribution < -0.4 is 5.73 Å². The Hall–Kier alpha value is -0.670. The highest BCUT2D eigenvalue weighted by molar-refractivity contribution is 6.30. The van der Waals surface area contributed by atoms with Crippen molar-refractivity contribution in [1.29, 1.82) is 0 Å². The Morgan fingerprint density at radius 1 is 1.54 bits per heavy atom. The predicted molar refractivity (Wildman–Crippen MR) is 46.8 cm³/mol. The van der Waals surface area contributed by atoms with Gasteiger partial charge in [-0.1, -0.05) is 17.7 Å². The third-order valence-electron chi connectivity index (χ3n) is 2.34. The molecule has 1 fully saturated rings. The molecule has 0 aromatic heterocycles. The van der Waals surface area contributed by atoms with E-state index in [-0.39, 0.29) is 17.0 Å². The van der Waals surface area contributed by atoms with Gasteiger partial charge in [-0.15, -0.1) is 0 Å². The van der Waals surface area contributed by atoms with Crippen LogP contribution in [0.2, 0.25) is 5.02 Å². The molecule has 1 nitrogen and oxygen atoms in total. The highest BCUT2D eigenvalue weighted by Gasteiger charge is 2.54. The van der Waals surface area contributed by atoms with Gasteiger partial charge in [0.25, 0.3) is 0 Å². The average molecular weight is 204 g/mol. The molecule has 0 amide bonds. The number of benzene rings is 1. The van der Waals surface area contributed by atoms with Gasteiger partial charge in [0.05, 0.1) is 5.02 Å². The van der Waals surface area contributed by atoms with Gasteiger partial charge < -0.3 is 5.73 Å². The number of rotatable bonds is 1. The zero-order chi connectivity index (χ0) is 9.64. The lowest BCUT2D eigenvalue weighted by molar-refractivity contribution is 0.305. The van der Waals surface area contributed by atoms with Crippen molar-refractivity contribution in [3.63, 3.8) is 0 Å². The van der Waals surface area contributed by atoms with Gasteiger partial charge in [-0.2, -0.15) is 0 Å². The molecule has 1 aliphatic carbocycles. The van der Waals surface area contributed by atoms with Crippen LogP contribution in [0.4, 0.5) is 8.78 Å². The Bertz CT molecular complexity index is 355. The normalized spacial score (nSPS) is 31.8. The molecule has 13 heavy (non-hydrogen) atoms. The van der Waals surface area contributed by atoms with E-state index in [4.69, 9.17) is 17.3 Å². The topological polar surface area (TPSA) is 26.0 Å². The molecule has 0 bridgehead atoms. The zero-order valence-corrected chi connectivity index (χ0v) is 7.48. The number of hydrogen-bond acceptors (Lipinski definition) is 1. The van der Waals surface area contributed by atoms with Crippen molar-refractivity contribution in [1.82, 2.24) is 0 Å². The molecule has 1 aromatic carbocycles. The van der Waals surface area contributed by atoms with E-state index < -0.39 is 17.5 Å². The second-order valence-corrected chi connectivity index (χ2v) is 3.71. The second-order valence-electron chi connectivity index (χ2n) is 3.30. The molecule has 2 atom stereocenters. The molecule has 0 heterocycles. The Morgan fingerprint density at radius 2 is 2.15 bits per heavy atom. The lowest BCUT2D eigenvalue weighted by Gasteiger charge is -2.06. The maximum absolute atomic E-state index is 13.6. The van der Waals surface area contributed by atoms with E-state index >= 15 is 0 Å². The number of halogens is 3. The van der Waals surface area contributed by atoms with Crippen molar-refractivity contribution < 1.29 is 8.78 Å². The van der Waals surface area contributed by atoms with Crippen molar-refractivity contribution in [2.24, 2.45) is 5.73 Å². The summed E-state index contributed by atoms with van der Waals surface area (Å²) < 4.78 is 26.5. The van der Waals surface area contributed by atoms with Crippen LogP contribution in [0.15, 0.2) is 18.2 Å². The first-order valence-corrected chi connectivity index (χ1v) is 4.32. The fourth-order valence-electron chi connectivity index (χ4n) is 1.35. The number of nitrogens with two attached hydrogens (primary N) is 1. The maximum atomic E-state index is 13.6. The highest BCUT2D eigenvalue weighted by atomic mass is 35.5. The van der Waals surface area contributed by atoms with E-state index in [0.717, 1.165) is 6.07 Å². The lowest BCUT2D eigenvalue weighted by atomic mass is 10.1. The summed E-state index contributed by atoms with van der Waals surface area (Å²) in [5.41, 5.74) is 4.13. The van der Waals surface area contributed by atoms with Gasteiger partial charge in [-0.3, -0.25) is 0 Å². The minimum absolute atomic E-state index is 0.00146. The third-order valence-corrected chi connectivity index (χ3v) is 2.65. The first-order valence-electron chi connectivity index (χ1n) is 3.94. The average Bonchev–Trinajstić information content (AvgIpc) is 2.67. The van der Waals surface area contributed by atoms with Crippen molar-refractivity contribution in [3.05, 3.63) is 34.6 Å². The van der Waals surface area contributed by atoms with Gasteiger partial charge in [0.2, 0.25) is 0 Å². The van der Waals surface area contributed by atoms with Gasteiger partial charge in [-0.25, -0.2) is 8.78 Å². The van der Waals surface area contributed by atoms with Gasteiger partial charge >= 0.3 is 0 Å². The minimum Gasteiger partial charge on any atom is -0.325 e. The molecular weight excluding hydrogens is 196 g/mol. The van der Waals surface area contributed by atoms with Gasteiger partial charge in [0.1, 0.15) is 5.82 Å².